The zero-order valence-corrected chi connectivity index (χ0v) is 17.1. The van der Waals surface area contributed by atoms with Crippen molar-refractivity contribution in [1.29, 1.82) is 0 Å². The molecule has 25 heavy (non-hydrogen) atoms. The Morgan fingerprint density at radius 2 is 2.16 bits per heavy atom. The Morgan fingerprint density at radius 3 is 2.80 bits per heavy atom. The molecular formula is C16H13BrN2O3S3. The van der Waals surface area contributed by atoms with E-state index in [9.17, 15) is 9.59 Å². The summed E-state index contributed by atoms with van der Waals surface area (Å²) in [6.45, 7) is 0. The molecule has 3 aromatic heterocycles. The number of amides is 1. The Kier molecular flexibility index (Phi) is 6.00. The highest BCUT2D eigenvalue weighted by molar-refractivity contribution is 9.10. The van der Waals surface area contributed by atoms with Gasteiger partial charge in [0.25, 0.3) is 5.91 Å². The van der Waals surface area contributed by atoms with Crippen LogP contribution in [-0.2, 0) is 9.53 Å². The molecule has 0 aromatic carbocycles. The molecule has 5 nitrogen and oxygen atoms in total. The fourth-order valence-corrected chi connectivity index (χ4v) is 5.20. The summed E-state index contributed by atoms with van der Waals surface area (Å²) < 4.78 is 5.72. The van der Waals surface area contributed by atoms with Crippen molar-refractivity contribution in [2.45, 2.75) is 12.5 Å². The summed E-state index contributed by atoms with van der Waals surface area (Å²) in [5.74, 6) is -0.679. The average Bonchev–Trinajstić information content (AvgIpc) is 3.34. The number of thiophene rings is 2. The van der Waals surface area contributed by atoms with Crippen molar-refractivity contribution in [2.24, 2.45) is 0 Å². The summed E-state index contributed by atoms with van der Waals surface area (Å²) >= 11 is 7.87. The summed E-state index contributed by atoms with van der Waals surface area (Å²) in [7, 11) is 1.33. The summed E-state index contributed by atoms with van der Waals surface area (Å²) in [6, 6.07) is 5.30. The zero-order valence-electron chi connectivity index (χ0n) is 13.0. The lowest BCUT2D eigenvalue weighted by Gasteiger charge is -2.15. The van der Waals surface area contributed by atoms with Gasteiger partial charge in [0.1, 0.15) is 10.7 Å². The number of thiazole rings is 1. The fraction of sp³-hybridized carbons (Fsp3) is 0.188. The highest BCUT2D eigenvalue weighted by Gasteiger charge is 2.22. The van der Waals surface area contributed by atoms with Gasteiger partial charge in [-0.25, -0.2) is 4.98 Å². The fourth-order valence-electron chi connectivity index (χ4n) is 2.11. The van der Waals surface area contributed by atoms with E-state index in [-0.39, 0.29) is 18.3 Å². The Hall–Kier alpha value is -1.55. The van der Waals surface area contributed by atoms with Gasteiger partial charge in [0.2, 0.25) is 0 Å². The van der Waals surface area contributed by atoms with Gasteiger partial charge in [0.05, 0.1) is 24.4 Å². The highest BCUT2D eigenvalue weighted by atomic mass is 79.9. The van der Waals surface area contributed by atoms with Crippen LogP contribution in [0.15, 0.2) is 38.8 Å². The quantitative estimate of drug-likeness (QED) is 0.544. The summed E-state index contributed by atoms with van der Waals surface area (Å²) in [4.78, 5) is 30.5. The van der Waals surface area contributed by atoms with E-state index in [4.69, 9.17) is 4.74 Å². The molecule has 0 aliphatic carbocycles. The molecule has 1 amide bonds. The van der Waals surface area contributed by atoms with E-state index in [1.54, 1.807) is 16.7 Å². The first-order valence-electron chi connectivity index (χ1n) is 7.18. The van der Waals surface area contributed by atoms with Crippen LogP contribution in [0.5, 0.6) is 0 Å². The third kappa shape index (κ3) is 4.55. The van der Waals surface area contributed by atoms with E-state index in [0.717, 1.165) is 19.2 Å². The lowest BCUT2D eigenvalue weighted by Crippen LogP contribution is -2.30. The van der Waals surface area contributed by atoms with Crippen LogP contribution in [0.3, 0.4) is 0 Å². The maximum atomic E-state index is 12.5. The number of rotatable bonds is 6. The minimum atomic E-state index is -0.430. The van der Waals surface area contributed by atoms with E-state index in [1.165, 1.54) is 29.8 Å². The second-order valence-electron chi connectivity index (χ2n) is 4.99. The van der Waals surface area contributed by atoms with Crippen LogP contribution < -0.4 is 5.32 Å². The number of carbonyl (C=O) groups is 2. The van der Waals surface area contributed by atoms with Crippen molar-refractivity contribution in [1.82, 2.24) is 10.3 Å². The van der Waals surface area contributed by atoms with Crippen molar-refractivity contribution in [3.8, 4) is 9.88 Å². The van der Waals surface area contributed by atoms with Crippen LogP contribution in [0.2, 0.25) is 0 Å². The Labute approximate surface area is 164 Å². The van der Waals surface area contributed by atoms with Crippen LogP contribution >= 0.6 is 49.9 Å². The summed E-state index contributed by atoms with van der Waals surface area (Å²) in [6.07, 6.45) is 0.0810. The second-order valence-corrected chi connectivity index (χ2v) is 8.65. The van der Waals surface area contributed by atoms with Gasteiger partial charge in [-0.15, -0.1) is 34.0 Å². The van der Waals surface area contributed by atoms with Gasteiger partial charge in [0.15, 0.2) is 0 Å². The Bertz CT molecular complexity index is 873. The highest BCUT2D eigenvalue weighted by Crippen LogP contribution is 2.32. The van der Waals surface area contributed by atoms with Gasteiger partial charge < -0.3 is 10.1 Å². The number of aromatic nitrogens is 1. The third-order valence-electron chi connectivity index (χ3n) is 3.31. The molecule has 1 N–H and O–H groups in total. The lowest BCUT2D eigenvalue weighted by molar-refractivity contribution is -0.141. The van der Waals surface area contributed by atoms with Crippen LogP contribution in [0.1, 0.15) is 27.8 Å². The first-order valence-corrected chi connectivity index (χ1v) is 10.6. The molecule has 0 spiro atoms. The van der Waals surface area contributed by atoms with Gasteiger partial charge in [0, 0.05) is 20.1 Å². The lowest BCUT2D eigenvalue weighted by atomic mass is 10.1. The molecule has 9 heteroatoms. The molecule has 3 rings (SSSR count). The molecule has 3 aromatic rings. The minimum Gasteiger partial charge on any atom is -0.469 e. The number of methoxy groups -OCH3 is 1. The number of nitrogens with zero attached hydrogens (tertiary/aromatic N) is 1. The number of hydrogen-bond acceptors (Lipinski definition) is 7. The normalized spacial score (nSPS) is 11.9. The van der Waals surface area contributed by atoms with Gasteiger partial charge >= 0.3 is 5.97 Å². The van der Waals surface area contributed by atoms with E-state index >= 15 is 0 Å². The summed E-state index contributed by atoms with van der Waals surface area (Å²) in [5.41, 5.74) is 0.343. The first-order chi connectivity index (χ1) is 12.1. The zero-order chi connectivity index (χ0) is 17.8. The van der Waals surface area contributed by atoms with Crippen LogP contribution in [-0.4, -0.2) is 24.0 Å². The van der Waals surface area contributed by atoms with Gasteiger partial charge in [-0.2, -0.15) is 0 Å². The molecule has 0 bridgehead atoms. The number of halogens is 1. The predicted octanol–water partition coefficient (Wildman–Crippen LogP) is 4.73. The molecule has 0 aliphatic rings. The Balaban J connectivity index is 1.75. The smallest absolute Gasteiger partial charge is 0.307 e. The molecule has 1 atom stereocenters. The Morgan fingerprint density at radius 1 is 1.32 bits per heavy atom. The maximum Gasteiger partial charge on any atom is 0.307 e. The molecule has 1 unspecified atom stereocenters. The van der Waals surface area contributed by atoms with Crippen molar-refractivity contribution in [2.75, 3.05) is 7.11 Å². The van der Waals surface area contributed by atoms with Gasteiger partial charge in [-0.3, -0.25) is 9.59 Å². The van der Waals surface area contributed by atoms with E-state index in [0.29, 0.717) is 5.69 Å². The van der Waals surface area contributed by atoms with E-state index in [2.05, 4.69) is 26.2 Å². The monoisotopic (exact) mass is 456 g/mol. The maximum absolute atomic E-state index is 12.5. The van der Waals surface area contributed by atoms with Gasteiger partial charge in [-0.1, -0.05) is 6.07 Å². The van der Waals surface area contributed by atoms with Crippen LogP contribution in [0.25, 0.3) is 9.88 Å². The second kappa shape index (κ2) is 8.22. The standard InChI is InChI=1S/C16H13BrN2O3S3/c1-22-14(20)6-10(12-3-2-4-23-12)18-15(21)11-8-25-16(19-11)13-5-9(17)7-24-13/h2-5,7-8,10H,6H2,1H3,(H,18,21). The van der Waals surface area contributed by atoms with Crippen molar-refractivity contribution >= 4 is 61.8 Å². The van der Waals surface area contributed by atoms with Gasteiger partial charge in [-0.05, 0) is 33.4 Å². The molecule has 3 heterocycles. The van der Waals surface area contributed by atoms with Crippen LogP contribution in [0.4, 0.5) is 0 Å². The SMILES string of the molecule is COC(=O)CC(NC(=O)c1csc(-c2cc(Br)cs2)n1)c1cccs1. The molecule has 130 valence electrons. The molecule has 0 radical (unpaired) electrons. The first kappa shape index (κ1) is 18.2. The van der Waals surface area contributed by atoms with E-state index < -0.39 is 6.04 Å². The minimum absolute atomic E-state index is 0.0810. The molecule has 0 saturated carbocycles. The predicted molar refractivity (Wildman–Crippen MR) is 104 cm³/mol. The number of hydrogen-bond donors (Lipinski definition) is 1. The molecule has 0 aliphatic heterocycles. The number of esters is 1. The molecular weight excluding hydrogens is 444 g/mol. The molecule has 0 fully saturated rings. The van der Waals surface area contributed by atoms with Crippen molar-refractivity contribution in [3.63, 3.8) is 0 Å². The topological polar surface area (TPSA) is 68.3 Å². The average molecular weight is 457 g/mol. The van der Waals surface area contributed by atoms with Crippen molar-refractivity contribution in [3.05, 3.63) is 49.4 Å². The number of nitrogens with one attached hydrogen (secondary N) is 1. The third-order valence-corrected chi connectivity index (χ3v) is 6.99. The molecule has 0 saturated heterocycles. The van der Waals surface area contributed by atoms with E-state index in [1.807, 2.05) is 29.0 Å². The summed E-state index contributed by atoms with van der Waals surface area (Å²) in [5, 5.41) is 9.27. The number of ether oxygens (including phenoxy) is 1. The largest absolute Gasteiger partial charge is 0.469 e. The van der Waals surface area contributed by atoms with Crippen molar-refractivity contribution < 1.29 is 14.3 Å². The number of carbonyl (C=O) groups excluding carboxylic acids is 2. The van der Waals surface area contributed by atoms with Crippen LogP contribution in [0, 0.1) is 0 Å².